The molecule has 1 saturated carbocycles. The number of hydrogen-bond donors (Lipinski definition) is 2. The maximum atomic E-state index is 10.9. The number of hydrogen-bond acceptors (Lipinski definition) is 4. The van der Waals surface area contributed by atoms with Crippen LogP contribution < -0.4 is 5.32 Å². The van der Waals surface area contributed by atoms with Gasteiger partial charge in [-0.3, -0.25) is 0 Å². The average Bonchev–Trinajstić information content (AvgIpc) is 2.68. The molecule has 0 atom stereocenters. The van der Waals surface area contributed by atoms with E-state index in [1.807, 2.05) is 0 Å². The molecule has 106 valence electrons. The first-order chi connectivity index (χ1) is 9.23. The van der Waals surface area contributed by atoms with Crippen LogP contribution in [0.25, 0.3) is 11.1 Å². The molecular weight excluding hydrogens is 256 g/mol. The first-order valence-corrected chi connectivity index (χ1v) is 6.64. The van der Waals surface area contributed by atoms with Crippen molar-refractivity contribution < 1.29 is 14.3 Å². The van der Waals surface area contributed by atoms with E-state index in [4.69, 9.17) is 9.52 Å². The summed E-state index contributed by atoms with van der Waals surface area (Å²) in [4.78, 5) is 15.3. The molecule has 5 nitrogen and oxygen atoms in total. The number of nitrogens with zero attached hydrogens (tertiary/aromatic N) is 1. The number of aromatic nitrogens is 1. The Balaban J connectivity index is 1.89. The van der Waals surface area contributed by atoms with Crippen molar-refractivity contribution in [3.05, 3.63) is 23.8 Å². The second-order valence-corrected chi connectivity index (χ2v) is 6.53. The van der Waals surface area contributed by atoms with E-state index in [2.05, 4.69) is 38.0 Å². The first-order valence-electron chi connectivity index (χ1n) is 6.64. The molecule has 1 aliphatic rings. The molecule has 0 amide bonds. The maximum absolute atomic E-state index is 10.9. The van der Waals surface area contributed by atoms with Gasteiger partial charge >= 0.3 is 5.97 Å². The summed E-state index contributed by atoms with van der Waals surface area (Å²) < 4.78 is 5.61. The number of carboxylic acid groups (broad SMARTS) is 1. The second-order valence-electron chi connectivity index (χ2n) is 6.53. The Bertz CT molecular complexity index is 686. The molecule has 0 bridgehead atoms. The van der Waals surface area contributed by atoms with Gasteiger partial charge in [-0.2, -0.15) is 4.98 Å². The van der Waals surface area contributed by atoms with Crippen LogP contribution in [0.5, 0.6) is 0 Å². The van der Waals surface area contributed by atoms with Crippen LogP contribution in [0.4, 0.5) is 6.01 Å². The molecule has 1 heterocycles. The van der Waals surface area contributed by atoms with Crippen LogP contribution in [-0.4, -0.2) is 22.1 Å². The van der Waals surface area contributed by atoms with Crippen LogP contribution in [0.15, 0.2) is 22.6 Å². The minimum Gasteiger partial charge on any atom is -0.478 e. The highest BCUT2D eigenvalue weighted by Crippen LogP contribution is 2.63. The highest BCUT2D eigenvalue weighted by atomic mass is 16.4. The lowest BCUT2D eigenvalue weighted by molar-refractivity contribution is 0.0697. The fourth-order valence-electron chi connectivity index (χ4n) is 2.80. The fraction of sp³-hybridized carbons (Fsp3) is 0.467. The topological polar surface area (TPSA) is 75.4 Å². The van der Waals surface area contributed by atoms with Gasteiger partial charge in [-0.1, -0.05) is 27.7 Å². The summed E-state index contributed by atoms with van der Waals surface area (Å²) in [5.41, 5.74) is 1.71. The van der Waals surface area contributed by atoms with Crippen LogP contribution in [0.3, 0.4) is 0 Å². The number of carboxylic acids is 1. The molecular formula is C15H18N2O3. The molecule has 0 spiro atoms. The van der Waals surface area contributed by atoms with Crippen molar-refractivity contribution >= 4 is 23.1 Å². The lowest BCUT2D eigenvalue weighted by Crippen LogP contribution is -2.09. The van der Waals surface area contributed by atoms with Crippen molar-refractivity contribution in [2.45, 2.75) is 33.7 Å². The van der Waals surface area contributed by atoms with E-state index in [9.17, 15) is 4.79 Å². The van der Waals surface area contributed by atoms with Crippen molar-refractivity contribution in [3.63, 3.8) is 0 Å². The van der Waals surface area contributed by atoms with Crippen LogP contribution >= 0.6 is 0 Å². The minimum atomic E-state index is -0.970. The number of fused-ring (bicyclic) bond motifs is 1. The lowest BCUT2D eigenvalue weighted by atomic mass is 10.0. The fourth-order valence-corrected chi connectivity index (χ4v) is 2.80. The number of oxazole rings is 1. The van der Waals surface area contributed by atoms with Gasteiger partial charge in [-0.25, -0.2) is 4.79 Å². The van der Waals surface area contributed by atoms with Crippen molar-refractivity contribution in [2.75, 3.05) is 5.32 Å². The Kier molecular flexibility index (Phi) is 2.43. The van der Waals surface area contributed by atoms with Gasteiger partial charge in [-0.15, -0.1) is 0 Å². The normalized spacial score (nSPS) is 20.0. The highest BCUT2D eigenvalue weighted by molar-refractivity contribution is 5.92. The van der Waals surface area contributed by atoms with Crippen LogP contribution in [-0.2, 0) is 0 Å². The number of anilines is 1. The number of nitrogens with one attached hydrogen (secondary N) is 1. The van der Waals surface area contributed by atoms with E-state index in [1.165, 1.54) is 12.1 Å². The lowest BCUT2D eigenvalue weighted by Gasteiger charge is -2.02. The largest absolute Gasteiger partial charge is 0.478 e. The third-order valence-corrected chi connectivity index (χ3v) is 4.92. The first kappa shape index (κ1) is 13.0. The zero-order valence-corrected chi connectivity index (χ0v) is 12.0. The number of carbonyl (C=O) groups is 1. The smallest absolute Gasteiger partial charge is 0.335 e. The molecule has 5 heteroatoms. The molecule has 1 aliphatic carbocycles. The molecule has 2 N–H and O–H groups in total. The quantitative estimate of drug-likeness (QED) is 0.897. The summed E-state index contributed by atoms with van der Waals surface area (Å²) in [5, 5.41) is 12.3. The molecule has 1 aromatic carbocycles. The van der Waals surface area contributed by atoms with E-state index in [-0.39, 0.29) is 16.4 Å². The van der Waals surface area contributed by atoms with Crippen molar-refractivity contribution in [3.8, 4) is 0 Å². The molecule has 1 fully saturated rings. The molecule has 0 radical (unpaired) electrons. The van der Waals surface area contributed by atoms with Gasteiger partial charge < -0.3 is 14.8 Å². The van der Waals surface area contributed by atoms with Gasteiger partial charge in [-0.05, 0) is 29.0 Å². The van der Waals surface area contributed by atoms with Gasteiger partial charge in [0.15, 0.2) is 5.58 Å². The van der Waals surface area contributed by atoms with E-state index in [0.717, 1.165) is 0 Å². The zero-order valence-electron chi connectivity index (χ0n) is 12.0. The van der Waals surface area contributed by atoms with Crippen molar-refractivity contribution in [2.24, 2.45) is 10.8 Å². The zero-order chi connectivity index (χ0) is 14.7. The maximum Gasteiger partial charge on any atom is 0.335 e. The van der Waals surface area contributed by atoms with Gasteiger partial charge in [0.2, 0.25) is 0 Å². The van der Waals surface area contributed by atoms with E-state index < -0.39 is 5.97 Å². The summed E-state index contributed by atoms with van der Waals surface area (Å²) in [6.45, 7) is 8.82. The third kappa shape index (κ3) is 1.69. The van der Waals surface area contributed by atoms with Gasteiger partial charge in [0.1, 0.15) is 5.52 Å². The number of rotatable bonds is 3. The Morgan fingerprint density at radius 1 is 1.30 bits per heavy atom. The third-order valence-electron chi connectivity index (χ3n) is 4.92. The SMILES string of the molecule is CC1(C)C(Nc2nc3ccc(C(=O)O)cc3o2)C1(C)C. The van der Waals surface area contributed by atoms with E-state index >= 15 is 0 Å². The molecule has 1 aromatic heterocycles. The second kappa shape index (κ2) is 3.75. The molecule has 0 aliphatic heterocycles. The highest BCUT2D eigenvalue weighted by Gasteiger charge is 2.65. The monoisotopic (exact) mass is 274 g/mol. The van der Waals surface area contributed by atoms with Crippen molar-refractivity contribution in [1.82, 2.24) is 4.98 Å². The van der Waals surface area contributed by atoms with Gasteiger partial charge in [0.25, 0.3) is 6.01 Å². The molecule has 0 unspecified atom stereocenters. The predicted octanol–water partition coefficient (Wildman–Crippen LogP) is 3.37. The Hall–Kier alpha value is -2.04. The summed E-state index contributed by atoms with van der Waals surface area (Å²) in [6, 6.07) is 5.44. The van der Waals surface area contributed by atoms with Crippen molar-refractivity contribution in [1.29, 1.82) is 0 Å². The minimum absolute atomic E-state index is 0.180. The Morgan fingerprint density at radius 2 is 1.95 bits per heavy atom. The standard InChI is InChI=1S/C15H18N2O3/c1-14(2)12(15(14,3)4)17-13-16-9-6-5-8(11(18)19)7-10(9)20-13/h5-7,12H,1-4H3,(H,16,17)(H,18,19). The van der Waals surface area contributed by atoms with E-state index in [1.54, 1.807) is 6.07 Å². The Morgan fingerprint density at radius 3 is 2.50 bits per heavy atom. The summed E-state index contributed by atoms with van der Waals surface area (Å²) in [6.07, 6.45) is 0. The van der Waals surface area contributed by atoms with E-state index in [0.29, 0.717) is 23.2 Å². The molecule has 0 saturated heterocycles. The molecule has 3 rings (SSSR count). The Labute approximate surface area is 117 Å². The number of aromatic carboxylic acids is 1. The summed E-state index contributed by atoms with van der Waals surface area (Å²) in [7, 11) is 0. The molecule has 20 heavy (non-hydrogen) atoms. The summed E-state index contributed by atoms with van der Waals surface area (Å²) in [5.74, 6) is -0.970. The molecule has 2 aromatic rings. The van der Waals surface area contributed by atoms with Gasteiger partial charge in [0.05, 0.1) is 5.56 Å². The van der Waals surface area contributed by atoms with Crippen LogP contribution in [0.1, 0.15) is 38.1 Å². The number of benzene rings is 1. The summed E-state index contributed by atoms with van der Waals surface area (Å²) >= 11 is 0. The van der Waals surface area contributed by atoms with Gasteiger partial charge in [0, 0.05) is 6.04 Å². The predicted molar refractivity (Wildman–Crippen MR) is 75.9 cm³/mol. The van der Waals surface area contributed by atoms with Crippen LogP contribution in [0.2, 0.25) is 0 Å². The van der Waals surface area contributed by atoms with Crippen LogP contribution in [0, 0.1) is 10.8 Å². The average molecular weight is 274 g/mol.